The summed E-state index contributed by atoms with van der Waals surface area (Å²) in [6.07, 6.45) is 5.28. The number of carbonyl (C=O) groups is 1. The van der Waals surface area contributed by atoms with E-state index in [1.807, 2.05) is 36.0 Å². The molecule has 1 amide bonds. The van der Waals surface area contributed by atoms with Gasteiger partial charge in [0.15, 0.2) is 0 Å². The fraction of sp³-hybridized carbons (Fsp3) is 0.474. The van der Waals surface area contributed by atoms with Crippen LogP contribution in [0, 0.1) is 5.92 Å². The molecule has 2 atom stereocenters. The third kappa shape index (κ3) is 5.20. The Balaban J connectivity index is 1.90. The van der Waals surface area contributed by atoms with Crippen molar-refractivity contribution in [3.05, 3.63) is 54.1 Å². The molecule has 130 valence electrons. The number of aromatic nitrogens is 2. The number of hydrogen-bond donors (Lipinski definition) is 1. The largest absolute Gasteiger partial charge is 0.344 e. The number of likely N-dealkylation sites (N-methyl/N-ethyl adjacent to an activating group) is 1. The highest BCUT2D eigenvalue weighted by Gasteiger charge is 2.20. The van der Waals surface area contributed by atoms with Gasteiger partial charge >= 0.3 is 0 Å². The van der Waals surface area contributed by atoms with Gasteiger partial charge in [0.05, 0.1) is 18.1 Å². The predicted octanol–water partition coefficient (Wildman–Crippen LogP) is 2.31. The Morgan fingerprint density at radius 2 is 2.04 bits per heavy atom. The average molecular weight is 328 g/mol. The van der Waals surface area contributed by atoms with Crippen LogP contribution < -0.4 is 5.73 Å². The normalized spacial score (nSPS) is 13.5. The molecular formula is C19H28N4O. The van der Waals surface area contributed by atoms with Crippen LogP contribution in [0.3, 0.4) is 0 Å². The molecule has 0 saturated heterocycles. The maximum Gasteiger partial charge on any atom is 0.239 e. The van der Waals surface area contributed by atoms with Gasteiger partial charge in [0.25, 0.3) is 0 Å². The fourth-order valence-electron chi connectivity index (χ4n) is 2.67. The molecule has 0 aliphatic rings. The molecule has 0 saturated carbocycles. The summed E-state index contributed by atoms with van der Waals surface area (Å²) in [5, 5.41) is 0. The fourth-order valence-corrected chi connectivity index (χ4v) is 2.67. The van der Waals surface area contributed by atoms with Crippen LogP contribution in [0.15, 0.2) is 42.9 Å². The Bertz CT molecular complexity index is 638. The number of hydrogen-bond acceptors (Lipinski definition) is 3. The van der Waals surface area contributed by atoms with E-state index in [0.717, 1.165) is 25.2 Å². The molecule has 5 heteroatoms. The quantitative estimate of drug-likeness (QED) is 0.809. The second kappa shape index (κ2) is 8.64. The Hall–Kier alpha value is -2.14. The van der Waals surface area contributed by atoms with E-state index in [1.165, 1.54) is 5.56 Å². The molecule has 2 N–H and O–H groups in total. The van der Waals surface area contributed by atoms with Crippen molar-refractivity contribution in [2.75, 3.05) is 13.6 Å². The van der Waals surface area contributed by atoms with Gasteiger partial charge in [-0.1, -0.05) is 50.6 Å². The van der Waals surface area contributed by atoms with E-state index in [9.17, 15) is 4.79 Å². The van der Waals surface area contributed by atoms with Gasteiger partial charge in [0.2, 0.25) is 5.91 Å². The van der Waals surface area contributed by atoms with Crippen LogP contribution in [0.2, 0.25) is 0 Å². The molecular weight excluding hydrogens is 300 g/mol. The van der Waals surface area contributed by atoms with E-state index < -0.39 is 6.04 Å². The van der Waals surface area contributed by atoms with Crippen LogP contribution in [0.1, 0.15) is 31.5 Å². The van der Waals surface area contributed by atoms with Gasteiger partial charge in [-0.25, -0.2) is 4.98 Å². The summed E-state index contributed by atoms with van der Waals surface area (Å²) in [5.41, 5.74) is 8.16. The van der Waals surface area contributed by atoms with E-state index in [2.05, 4.69) is 31.0 Å². The van der Waals surface area contributed by atoms with Gasteiger partial charge in [-0.05, 0) is 11.5 Å². The van der Waals surface area contributed by atoms with Gasteiger partial charge in [-0.15, -0.1) is 0 Å². The molecule has 0 aliphatic heterocycles. The first kappa shape index (κ1) is 18.2. The summed E-state index contributed by atoms with van der Waals surface area (Å²) in [5.74, 6) is 0.462. The molecule has 0 bridgehead atoms. The first-order chi connectivity index (χ1) is 11.5. The standard InChI is InChI=1S/C19H28N4O/c1-4-15(2)11-22(3)19(24)18(20)10-17-13-23(14-21-17)12-16-8-6-5-7-9-16/h5-9,13-15,18H,4,10-12,20H2,1-3H3/t15?,18-/m0/s1. The van der Waals surface area contributed by atoms with Crippen molar-refractivity contribution in [1.29, 1.82) is 0 Å². The monoisotopic (exact) mass is 328 g/mol. The molecule has 1 aromatic carbocycles. The van der Waals surface area contributed by atoms with Crippen molar-refractivity contribution in [1.82, 2.24) is 14.5 Å². The minimum absolute atomic E-state index is 0.0205. The lowest BCUT2D eigenvalue weighted by Gasteiger charge is -2.23. The van der Waals surface area contributed by atoms with E-state index in [4.69, 9.17) is 5.73 Å². The van der Waals surface area contributed by atoms with Crippen LogP contribution in [0.4, 0.5) is 0 Å². The number of rotatable bonds is 8. The molecule has 1 aromatic heterocycles. The summed E-state index contributed by atoms with van der Waals surface area (Å²) >= 11 is 0. The van der Waals surface area contributed by atoms with Gasteiger partial charge in [-0.2, -0.15) is 0 Å². The van der Waals surface area contributed by atoms with Crippen molar-refractivity contribution >= 4 is 5.91 Å². The third-order valence-electron chi connectivity index (χ3n) is 4.30. The number of amides is 1. The number of nitrogens with zero attached hydrogens (tertiary/aromatic N) is 3. The van der Waals surface area contributed by atoms with Crippen LogP contribution in [0.25, 0.3) is 0 Å². The molecule has 24 heavy (non-hydrogen) atoms. The summed E-state index contributed by atoms with van der Waals surface area (Å²) in [6, 6.07) is 9.67. The highest BCUT2D eigenvalue weighted by Crippen LogP contribution is 2.08. The minimum Gasteiger partial charge on any atom is -0.344 e. The lowest BCUT2D eigenvalue weighted by Crippen LogP contribution is -2.44. The second-order valence-corrected chi connectivity index (χ2v) is 6.57. The average Bonchev–Trinajstić information content (AvgIpc) is 3.01. The number of nitrogens with two attached hydrogens (primary N) is 1. The number of benzene rings is 1. The lowest BCUT2D eigenvalue weighted by atomic mass is 10.1. The highest BCUT2D eigenvalue weighted by atomic mass is 16.2. The molecule has 0 aliphatic carbocycles. The van der Waals surface area contributed by atoms with Crippen molar-refractivity contribution < 1.29 is 4.79 Å². The SMILES string of the molecule is CCC(C)CN(C)C(=O)[C@@H](N)Cc1cn(Cc2ccccc2)cn1. The molecule has 1 heterocycles. The first-order valence-electron chi connectivity index (χ1n) is 8.54. The van der Waals surface area contributed by atoms with Crippen LogP contribution in [-0.2, 0) is 17.8 Å². The van der Waals surface area contributed by atoms with Gasteiger partial charge in [-0.3, -0.25) is 4.79 Å². The number of carbonyl (C=O) groups excluding carboxylic acids is 1. The molecule has 0 fully saturated rings. The molecule has 1 unspecified atom stereocenters. The van der Waals surface area contributed by atoms with Crippen LogP contribution in [-0.4, -0.2) is 40.0 Å². The third-order valence-corrected chi connectivity index (χ3v) is 4.30. The van der Waals surface area contributed by atoms with Crippen LogP contribution in [0.5, 0.6) is 0 Å². The van der Waals surface area contributed by atoms with E-state index >= 15 is 0 Å². The summed E-state index contributed by atoms with van der Waals surface area (Å²) in [4.78, 5) is 18.5. The molecule has 2 rings (SSSR count). The zero-order chi connectivity index (χ0) is 17.5. The van der Waals surface area contributed by atoms with E-state index in [1.54, 1.807) is 11.2 Å². The molecule has 0 spiro atoms. The Morgan fingerprint density at radius 3 is 2.71 bits per heavy atom. The van der Waals surface area contributed by atoms with Crippen molar-refractivity contribution in [3.63, 3.8) is 0 Å². The van der Waals surface area contributed by atoms with Gasteiger partial charge in [0.1, 0.15) is 0 Å². The van der Waals surface area contributed by atoms with Gasteiger partial charge in [0, 0.05) is 32.8 Å². The van der Waals surface area contributed by atoms with Gasteiger partial charge < -0.3 is 15.2 Å². The Morgan fingerprint density at radius 1 is 1.33 bits per heavy atom. The zero-order valence-corrected chi connectivity index (χ0v) is 14.9. The first-order valence-corrected chi connectivity index (χ1v) is 8.54. The second-order valence-electron chi connectivity index (χ2n) is 6.57. The molecule has 0 radical (unpaired) electrons. The minimum atomic E-state index is -0.542. The van der Waals surface area contributed by atoms with Crippen molar-refractivity contribution in [2.24, 2.45) is 11.7 Å². The Labute approximate surface area is 144 Å². The zero-order valence-electron chi connectivity index (χ0n) is 14.9. The van der Waals surface area contributed by atoms with E-state index in [-0.39, 0.29) is 5.91 Å². The maximum absolute atomic E-state index is 12.4. The summed E-state index contributed by atoms with van der Waals surface area (Å²) < 4.78 is 2.02. The maximum atomic E-state index is 12.4. The smallest absolute Gasteiger partial charge is 0.239 e. The summed E-state index contributed by atoms with van der Waals surface area (Å²) in [6.45, 7) is 5.78. The molecule has 5 nitrogen and oxygen atoms in total. The lowest BCUT2D eigenvalue weighted by molar-refractivity contribution is -0.131. The molecule has 2 aromatic rings. The predicted molar refractivity (Wildman–Crippen MR) is 96.5 cm³/mol. The van der Waals surface area contributed by atoms with Crippen molar-refractivity contribution in [2.45, 2.75) is 39.3 Å². The number of imidazole rings is 1. The highest BCUT2D eigenvalue weighted by molar-refractivity contribution is 5.81. The van der Waals surface area contributed by atoms with E-state index in [0.29, 0.717) is 12.3 Å². The summed E-state index contributed by atoms with van der Waals surface area (Å²) in [7, 11) is 1.82. The van der Waals surface area contributed by atoms with Crippen LogP contribution >= 0.6 is 0 Å². The van der Waals surface area contributed by atoms with Crippen molar-refractivity contribution in [3.8, 4) is 0 Å². The Kier molecular flexibility index (Phi) is 6.55. The topological polar surface area (TPSA) is 64.2 Å².